The number of nitrogens with zero attached hydrogens (tertiary/aromatic N) is 4. The van der Waals surface area contributed by atoms with Gasteiger partial charge in [0.25, 0.3) is 0 Å². The summed E-state index contributed by atoms with van der Waals surface area (Å²) in [5.74, 6) is 0. The third-order valence-electron chi connectivity index (χ3n) is 3.00. The molecule has 0 saturated carbocycles. The van der Waals surface area contributed by atoms with Gasteiger partial charge in [-0.05, 0) is 47.9 Å². The summed E-state index contributed by atoms with van der Waals surface area (Å²) in [6, 6.07) is 1.89. The van der Waals surface area contributed by atoms with Crippen molar-refractivity contribution in [1.82, 2.24) is 19.7 Å². The van der Waals surface area contributed by atoms with Crippen molar-refractivity contribution >= 4 is 22.6 Å². The Morgan fingerprint density at radius 1 is 1.39 bits per heavy atom. The number of hydrogen-bond donors (Lipinski definition) is 0. The van der Waals surface area contributed by atoms with E-state index in [0.717, 1.165) is 34.4 Å². The van der Waals surface area contributed by atoms with E-state index in [9.17, 15) is 0 Å². The summed E-state index contributed by atoms with van der Waals surface area (Å²) in [5.41, 5.74) is 1.93. The smallest absolute Gasteiger partial charge is 0.150 e. The van der Waals surface area contributed by atoms with Gasteiger partial charge in [0, 0.05) is 19.0 Å². The Morgan fingerprint density at radius 3 is 3.06 bits per heavy atom. The Morgan fingerprint density at radius 2 is 2.33 bits per heavy atom. The van der Waals surface area contributed by atoms with E-state index >= 15 is 0 Å². The lowest BCUT2D eigenvalue weighted by Crippen LogP contribution is -2.18. The Labute approximate surface area is 119 Å². The lowest BCUT2D eigenvalue weighted by atomic mass is 10.2. The van der Waals surface area contributed by atoms with Gasteiger partial charge in [0.2, 0.25) is 0 Å². The number of aromatic nitrogens is 4. The highest BCUT2D eigenvalue weighted by molar-refractivity contribution is 14.1. The van der Waals surface area contributed by atoms with Crippen molar-refractivity contribution in [2.75, 3.05) is 6.61 Å². The molecule has 6 heteroatoms. The minimum Gasteiger partial charge on any atom is -0.357 e. The molecule has 0 radical (unpaired) electrons. The monoisotopic (exact) mass is 356 g/mol. The SMILES string of the molecule is Ic1nn([C@H]2CCCCO2)cc1-c1ccncn1. The fourth-order valence-electron chi connectivity index (χ4n) is 2.07. The summed E-state index contributed by atoms with van der Waals surface area (Å²) >= 11 is 2.23. The van der Waals surface area contributed by atoms with Crippen molar-refractivity contribution in [2.45, 2.75) is 25.5 Å². The summed E-state index contributed by atoms with van der Waals surface area (Å²) in [6.45, 7) is 0.823. The normalized spacial score (nSPS) is 19.9. The van der Waals surface area contributed by atoms with Crippen molar-refractivity contribution in [2.24, 2.45) is 0 Å². The van der Waals surface area contributed by atoms with Crippen LogP contribution < -0.4 is 0 Å². The minimum absolute atomic E-state index is 0.0721. The molecule has 0 aliphatic carbocycles. The van der Waals surface area contributed by atoms with Crippen LogP contribution in [0.2, 0.25) is 0 Å². The van der Waals surface area contributed by atoms with Gasteiger partial charge in [0.15, 0.2) is 0 Å². The highest BCUT2D eigenvalue weighted by Crippen LogP contribution is 2.27. The van der Waals surface area contributed by atoms with Gasteiger partial charge >= 0.3 is 0 Å². The summed E-state index contributed by atoms with van der Waals surface area (Å²) in [4.78, 5) is 8.19. The number of ether oxygens (including phenoxy) is 1. The minimum atomic E-state index is 0.0721. The van der Waals surface area contributed by atoms with Gasteiger partial charge in [-0.15, -0.1) is 0 Å². The van der Waals surface area contributed by atoms with Gasteiger partial charge in [0.1, 0.15) is 16.3 Å². The molecule has 0 unspecified atom stereocenters. The summed E-state index contributed by atoms with van der Waals surface area (Å²) < 4.78 is 8.59. The Balaban J connectivity index is 1.91. The van der Waals surface area contributed by atoms with Crippen molar-refractivity contribution in [1.29, 1.82) is 0 Å². The molecule has 94 valence electrons. The van der Waals surface area contributed by atoms with Crippen LogP contribution in [0.15, 0.2) is 24.8 Å². The van der Waals surface area contributed by atoms with Crippen LogP contribution in [-0.2, 0) is 4.74 Å². The largest absolute Gasteiger partial charge is 0.357 e. The molecule has 0 spiro atoms. The topological polar surface area (TPSA) is 52.8 Å². The van der Waals surface area contributed by atoms with Crippen LogP contribution >= 0.6 is 22.6 Å². The second kappa shape index (κ2) is 5.31. The number of rotatable bonds is 2. The van der Waals surface area contributed by atoms with Crippen molar-refractivity contribution in [3.05, 3.63) is 28.5 Å². The summed E-state index contributed by atoms with van der Waals surface area (Å²) in [7, 11) is 0. The molecule has 3 rings (SSSR count). The van der Waals surface area contributed by atoms with Gasteiger partial charge in [-0.3, -0.25) is 0 Å². The molecule has 18 heavy (non-hydrogen) atoms. The van der Waals surface area contributed by atoms with Gasteiger partial charge in [-0.25, -0.2) is 14.6 Å². The van der Waals surface area contributed by atoms with E-state index in [0.29, 0.717) is 0 Å². The van der Waals surface area contributed by atoms with Crippen LogP contribution in [0.5, 0.6) is 0 Å². The zero-order chi connectivity index (χ0) is 12.4. The first-order valence-corrected chi connectivity index (χ1v) is 7.05. The summed E-state index contributed by atoms with van der Waals surface area (Å²) in [6.07, 6.45) is 8.76. The fourth-order valence-corrected chi connectivity index (χ4v) is 2.74. The molecule has 0 amide bonds. The van der Waals surface area contributed by atoms with Crippen molar-refractivity contribution in [3.8, 4) is 11.3 Å². The lowest BCUT2D eigenvalue weighted by molar-refractivity contribution is -0.0396. The van der Waals surface area contributed by atoms with Crippen LogP contribution in [0.1, 0.15) is 25.5 Å². The van der Waals surface area contributed by atoms with E-state index in [1.807, 2.05) is 16.9 Å². The molecule has 0 aromatic carbocycles. The third kappa shape index (κ3) is 2.39. The van der Waals surface area contributed by atoms with Crippen molar-refractivity contribution in [3.63, 3.8) is 0 Å². The molecule has 2 aromatic rings. The number of halogens is 1. The van der Waals surface area contributed by atoms with E-state index < -0.39 is 0 Å². The number of hydrogen-bond acceptors (Lipinski definition) is 4. The molecule has 0 bridgehead atoms. The molecule has 5 nitrogen and oxygen atoms in total. The molecule has 2 aromatic heterocycles. The predicted molar refractivity (Wildman–Crippen MR) is 74.8 cm³/mol. The quantitative estimate of drug-likeness (QED) is 0.777. The first-order valence-electron chi connectivity index (χ1n) is 5.97. The molecule has 3 heterocycles. The maximum Gasteiger partial charge on any atom is 0.150 e. The van der Waals surface area contributed by atoms with E-state index in [4.69, 9.17) is 4.74 Å². The van der Waals surface area contributed by atoms with Gasteiger partial charge in [-0.1, -0.05) is 0 Å². The average Bonchev–Trinajstić information content (AvgIpc) is 2.83. The Bertz CT molecular complexity index is 522. The fraction of sp³-hybridized carbons (Fsp3) is 0.417. The van der Waals surface area contributed by atoms with E-state index in [1.165, 1.54) is 6.42 Å². The van der Waals surface area contributed by atoms with Gasteiger partial charge in [0.05, 0.1) is 11.3 Å². The zero-order valence-corrected chi connectivity index (χ0v) is 11.9. The molecule has 0 N–H and O–H groups in total. The second-order valence-corrected chi connectivity index (χ2v) is 5.25. The van der Waals surface area contributed by atoms with E-state index in [-0.39, 0.29) is 6.23 Å². The van der Waals surface area contributed by atoms with Crippen LogP contribution in [0.25, 0.3) is 11.3 Å². The van der Waals surface area contributed by atoms with E-state index in [1.54, 1.807) is 12.5 Å². The van der Waals surface area contributed by atoms with Crippen LogP contribution in [0.4, 0.5) is 0 Å². The maximum absolute atomic E-state index is 5.73. The first kappa shape index (κ1) is 12.0. The Hall–Kier alpha value is -1.02. The zero-order valence-electron chi connectivity index (χ0n) is 9.79. The van der Waals surface area contributed by atoms with Gasteiger partial charge < -0.3 is 4.74 Å². The molecule has 1 atom stereocenters. The third-order valence-corrected chi connectivity index (χ3v) is 3.79. The van der Waals surface area contributed by atoms with Crippen LogP contribution in [-0.4, -0.2) is 26.4 Å². The highest BCUT2D eigenvalue weighted by atomic mass is 127. The molecule has 1 aliphatic heterocycles. The standard InChI is InChI=1S/C12H13IN4O/c13-12-9(10-4-5-14-8-15-10)7-17(16-12)11-3-1-2-6-18-11/h4-5,7-8,11H,1-3,6H2/t11-/m1/s1. The maximum atomic E-state index is 5.73. The first-order chi connectivity index (χ1) is 8.84. The Kier molecular flexibility index (Phi) is 3.55. The lowest BCUT2D eigenvalue weighted by Gasteiger charge is -2.22. The molecular weight excluding hydrogens is 343 g/mol. The second-order valence-electron chi connectivity index (χ2n) is 4.23. The predicted octanol–water partition coefficient (Wildman–Crippen LogP) is 2.64. The van der Waals surface area contributed by atoms with Gasteiger partial charge in [-0.2, -0.15) is 5.10 Å². The van der Waals surface area contributed by atoms with Crippen molar-refractivity contribution < 1.29 is 4.74 Å². The summed E-state index contributed by atoms with van der Waals surface area (Å²) in [5, 5.41) is 4.53. The molecule has 1 aliphatic rings. The molecule has 1 saturated heterocycles. The van der Waals surface area contributed by atoms with Crippen LogP contribution in [0.3, 0.4) is 0 Å². The molecular formula is C12H13IN4O. The molecule has 1 fully saturated rings. The average molecular weight is 356 g/mol. The highest BCUT2D eigenvalue weighted by Gasteiger charge is 2.19. The van der Waals surface area contributed by atoms with E-state index in [2.05, 4.69) is 37.7 Å². The van der Waals surface area contributed by atoms with Crippen LogP contribution in [0, 0.1) is 3.70 Å².